The van der Waals surface area contributed by atoms with Crippen molar-refractivity contribution >= 4 is 38.6 Å². The molecule has 1 aliphatic carbocycles. The molecule has 0 aromatic heterocycles. The van der Waals surface area contributed by atoms with Gasteiger partial charge in [-0.25, -0.2) is 0 Å². The first kappa shape index (κ1) is 32.0. The molecule has 1 heteroatoms. The molecule has 0 N–H and O–H groups in total. The van der Waals surface area contributed by atoms with Crippen molar-refractivity contribution in [2.45, 2.75) is 19.3 Å². The fourth-order valence-electron chi connectivity index (χ4n) is 8.62. The molecule has 0 radical (unpaired) electrons. The summed E-state index contributed by atoms with van der Waals surface area (Å²) in [6.45, 7) is 4.70. The third-order valence-electron chi connectivity index (χ3n) is 11.4. The minimum atomic E-state index is -0.0379. The number of anilines is 3. The van der Waals surface area contributed by atoms with Crippen LogP contribution < -0.4 is 4.90 Å². The van der Waals surface area contributed by atoms with Crippen molar-refractivity contribution in [2.24, 2.45) is 0 Å². The van der Waals surface area contributed by atoms with Crippen molar-refractivity contribution in [3.05, 3.63) is 211 Å². The Morgan fingerprint density at radius 1 is 0.315 bits per heavy atom. The number of benzene rings is 9. The molecule has 54 heavy (non-hydrogen) atoms. The van der Waals surface area contributed by atoms with E-state index in [1.807, 2.05) is 0 Å². The zero-order valence-electron chi connectivity index (χ0n) is 30.5. The van der Waals surface area contributed by atoms with E-state index in [-0.39, 0.29) is 5.41 Å². The average Bonchev–Trinajstić information content (AvgIpc) is 3.46. The van der Waals surface area contributed by atoms with Crippen molar-refractivity contribution in [3.63, 3.8) is 0 Å². The minimum Gasteiger partial charge on any atom is -0.310 e. The Kier molecular flexibility index (Phi) is 7.56. The van der Waals surface area contributed by atoms with Gasteiger partial charge in [-0.3, -0.25) is 0 Å². The van der Waals surface area contributed by atoms with Gasteiger partial charge in [-0.1, -0.05) is 166 Å². The smallest absolute Gasteiger partial charge is 0.0467 e. The maximum Gasteiger partial charge on any atom is 0.0467 e. The van der Waals surface area contributed by atoms with E-state index in [2.05, 4.69) is 219 Å². The summed E-state index contributed by atoms with van der Waals surface area (Å²) in [5.41, 5.74) is 16.1. The summed E-state index contributed by atoms with van der Waals surface area (Å²) in [5, 5.41) is 5.00. The van der Waals surface area contributed by atoms with Crippen LogP contribution >= 0.6 is 0 Å². The summed E-state index contributed by atoms with van der Waals surface area (Å²) in [5.74, 6) is 0. The summed E-state index contributed by atoms with van der Waals surface area (Å²) in [6, 6.07) is 73.4. The number of fused-ring (bicyclic) bond motifs is 5. The number of hydrogen-bond donors (Lipinski definition) is 0. The first-order chi connectivity index (χ1) is 26.5. The summed E-state index contributed by atoms with van der Waals surface area (Å²) >= 11 is 0. The van der Waals surface area contributed by atoms with Gasteiger partial charge in [0.1, 0.15) is 0 Å². The molecule has 256 valence electrons. The van der Waals surface area contributed by atoms with Gasteiger partial charge in [-0.15, -0.1) is 0 Å². The van der Waals surface area contributed by atoms with Crippen LogP contribution in [0.5, 0.6) is 0 Å². The molecular weight excluding hydrogens is 651 g/mol. The molecule has 9 aromatic rings. The Balaban J connectivity index is 1.08. The van der Waals surface area contributed by atoms with Crippen molar-refractivity contribution in [3.8, 4) is 44.5 Å². The lowest BCUT2D eigenvalue weighted by Gasteiger charge is -2.27. The van der Waals surface area contributed by atoms with Gasteiger partial charge in [0.15, 0.2) is 0 Å². The zero-order valence-corrected chi connectivity index (χ0v) is 30.5. The second kappa shape index (κ2) is 12.8. The van der Waals surface area contributed by atoms with E-state index in [1.54, 1.807) is 0 Å². The normalized spacial score (nSPS) is 12.8. The van der Waals surface area contributed by atoms with Crippen LogP contribution in [0.15, 0.2) is 200 Å². The third kappa shape index (κ3) is 5.40. The molecule has 0 saturated heterocycles. The molecule has 0 aliphatic heterocycles. The maximum absolute atomic E-state index is 2.41. The molecule has 0 fully saturated rings. The Labute approximate surface area is 317 Å². The number of hydrogen-bond acceptors (Lipinski definition) is 1. The van der Waals surface area contributed by atoms with E-state index >= 15 is 0 Å². The lowest BCUT2D eigenvalue weighted by atomic mass is 9.81. The Morgan fingerprint density at radius 2 is 0.870 bits per heavy atom. The Hall–Kier alpha value is -6.70. The lowest BCUT2D eigenvalue weighted by Crippen LogP contribution is -2.14. The van der Waals surface area contributed by atoms with E-state index in [4.69, 9.17) is 0 Å². The highest BCUT2D eigenvalue weighted by atomic mass is 15.1. The highest BCUT2D eigenvalue weighted by molar-refractivity contribution is 5.98. The predicted octanol–water partition coefficient (Wildman–Crippen LogP) is 14.8. The van der Waals surface area contributed by atoms with Crippen molar-refractivity contribution in [1.82, 2.24) is 0 Å². The molecule has 0 spiro atoms. The lowest BCUT2D eigenvalue weighted by molar-refractivity contribution is 0.660. The van der Waals surface area contributed by atoms with Crippen LogP contribution in [0.3, 0.4) is 0 Å². The molecule has 0 saturated carbocycles. The highest BCUT2D eigenvalue weighted by Gasteiger charge is 2.35. The Bertz CT molecular complexity index is 2850. The molecule has 10 rings (SSSR count). The second-order valence-corrected chi connectivity index (χ2v) is 15.0. The summed E-state index contributed by atoms with van der Waals surface area (Å²) < 4.78 is 0. The Morgan fingerprint density at radius 3 is 1.70 bits per heavy atom. The largest absolute Gasteiger partial charge is 0.310 e. The molecule has 1 aliphatic rings. The van der Waals surface area contributed by atoms with Crippen LogP contribution in [0.4, 0.5) is 17.1 Å². The third-order valence-corrected chi connectivity index (χ3v) is 11.4. The van der Waals surface area contributed by atoms with Crippen LogP contribution in [0.2, 0.25) is 0 Å². The highest BCUT2D eigenvalue weighted by Crippen LogP contribution is 2.49. The quantitative estimate of drug-likeness (QED) is 0.168. The first-order valence-corrected chi connectivity index (χ1v) is 18.8. The fourth-order valence-corrected chi connectivity index (χ4v) is 8.62. The summed E-state index contributed by atoms with van der Waals surface area (Å²) in [6.07, 6.45) is 0. The molecule has 9 aromatic carbocycles. The van der Waals surface area contributed by atoms with Gasteiger partial charge in [0.2, 0.25) is 0 Å². The summed E-state index contributed by atoms with van der Waals surface area (Å²) in [7, 11) is 0. The topological polar surface area (TPSA) is 3.24 Å². The molecule has 0 unspecified atom stereocenters. The van der Waals surface area contributed by atoms with E-state index < -0.39 is 0 Å². The minimum absolute atomic E-state index is 0.0379. The molecule has 0 atom stereocenters. The van der Waals surface area contributed by atoms with Gasteiger partial charge in [-0.2, -0.15) is 0 Å². The van der Waals surface area contributed by atoms with Crippen LogP contribution in [0.1, 0.15) is 25.0 Å². The molecule has 0 heterocycles. The first-order valence-electron chi connectivity index (χ1n) is 18.8. The van der Waals surface area contributed by atoms with Gasteiger partial charge >= 0.3 is 0 Å². The van der Waals surface area contributed by atoms with Gasteiger partial charge in [-0.05, 0) is 126 Å². The van der Waals surface area contributed by atoms with Crippen molar-refractivity contribution < 1.29 is 0 Å². The fraction of sp³-hybridized carbons (Fsp3) is 0.0566. The van der Waals surface area contributed by atoms with E-state index in [0.29, 0.717) is 0 Å². The van der Waals surface area contributed by atoms with Gasteiger partial charge in [0, 0.05) is 22.5 Å². The molecule has 1 nitrogen and oxygen atoms in total. The van der Waals surface area contributed by atoms with Crippen LogP contribution in [-0.2, 0) is 5.41 Å². The SMILES string of the molecule is CC1(C)c2ccccc2-c2ccc(-c3ccc(N(c4cccc(-c5ccc6ccccc6c5)c4)c4cccc(-c5cccc6ccccc56)c4)cc3)cc21. The second-order valence-electron chi connectivity index (χ2n) is 15.0. The van der Waals surface area contributed by atoms with Gasteiger partial charge in [0.05, 0.1) is 0 Å². The van der Waals surface area contributed by atoms with E-state index in [0.717, 1.165) is 17.1 Å². The van der Waals surface area contributed by atoms with Crippen LogP contribution in [0.25, 0.3) is 66.1 Å². The average molecular weight is 690 g/mol. The number of rotatable bonds is 6. The number of nitrogens with zero attached hydrogens (tertiary/aromatic N) is 1. The molecular formula is C53H39N. The summed E-state index contributed by atoms with van der Waals surface area (Å²) in [4.78, 5) is 2.39. The predicted molar refractivity (Wildman–Crippen MR) is 230 cm³/mol. The monoisotopic (exact) mass is 689 g/mol. The van der Waals surface area contributed by atoms with E-state index in [1.165, 1.54) is 77.2 Å². The van der Waals surface area contributed by atoms with Crippen LogP contribution in [0, 0.1) is 0 Å². The molecule has 0 amide bonds. The van der Waals surface area contributed by atoms with Gasteiger partial charge < -0.3 is 4.90 Å². The van der Waals surface area contributed by atoms with E-state index in [9.17, 15) is 0 Å². The van der Waals surface area contributed by atoms with Gasteiger partial charge in [0.25, 0.3) is 0 Å². The standard InChI is InChI=1S/C53H39N/c1-53(2)51-23-8-7-21-49(51)50-31-28-42(35-52(50)53)37-26-29-44(30-27-37)54(45-18-9-16-40(33-45)41-25-24-36-12-3-4-14-39(36)32-41)46-19-10-17-43(34-46)48-22-11-15-38-13-5-6-20-47(38)48/h3-35H,1-2H3. The maximum atomic E-state index is 2.41. The zero-order chi connectivity index (χ0) is 36.2. The molecule has 0 bridgehead atoms. The van der Waals surface area contributed by atoms with Crippen molar-refractivity contribution in [1.29, 1.82) is 0 Å². The van der Waals surface area contributed by atoms with Crippen LogP contribution in [-0.4, -0.2) is 0 Å². The van der Waals surface area contributed by atoms with Crippen molar-refractivity contribution in [2.75, 3.05) is 4.90 Å².